The zero-order valence-corrected chi connectivity index (χ0v) is 14.5. The van der Waals surface area contributed by atoms with E-state index >= 15 is 0 Å². The van der Waals surface area contributed by atoms with Crippen LogP contribution in [0.2, 0.25) is 0 Å². The molecule has 0 aliphatic heterocycles. The van der Waals surface area contributed by atoms with Crippen molar-refractivity contribution >= 4 is 17.3 Å². The van der Waals surface area contributed by atoms with Crippen LogP contribution in [0.1, 0.15) is 57.8 Å². The third-order valence-corrected chi connectivity index (χ3v) is 6.63. The lowest BCUT2D eigenvalue weighted by molar-refractivity contribution is 0.104. The predicted molar refractivity (Wildman–Crippen MR) is 92.5 cm³/mol. The molecule has 0 aromatic rings. The Hall–Kier alpha value is -0.350. The highest BCUT2D eigenvalue weighted by molar-refractivity contribution is 7.80. The molecule has 0 spiro atoms. The number of nitrogens with zero attached hydrogens (tertiary/aromatic N) is 1. The van der Waals surface area contributed by atoms with E-state index in [9.17, 15) is 0 Å². The Morgan fingerprint density at radius 2 is 1.90 bits per heavy atom. The van der Waals surface area contributed by atoms with Gasteiger partial charge in [0, 0.05) is 18.1 Å². The van der Waals surface area contributed by atoms with Crippen LogP contribution in [0.4, 0.5) is 0 Å². The van der Waals surface area contributed by atoms with Gasteiger partial charge >= 0.3 is 0 Å². The van der Waals surface area contributed by atoms with E-state index in [0.717, 1.165) is 23.5 Å². The summed E-state index contributed by atoms with van der Waals surface area (Å²) in [5.74, 6) is 1.86. The first kappa shape index (κ1) is 15.5. The molecule has 0 amide bonds. The molecule has 120 valence electrons. The zero-order valence-electron chi connectivity index (χ0n) is 13.7. The van der Waals surface area contributed by atoms with Gasteiger partial charge in [-0.15, -0.1) is 0 Å². The van der Waals surface area contributed by atoms with E-state index in [4.69, 9.17) is 12.2 Å². The van der Waals surface area contributed by atoms with Crippen molar-refractivity contribution in [3.8, 4) is 0 Å². The topological polar surface area (TPSA) is 27.3 Å². The Labute approximate surface area is 135 Å². The van der Waals surface area contributed by atoms with Crippen molar-refractivity contribution in [2.75, 3.05) is 20.6 Å². The van der Waals surface area contributed by atoms with E-state index in [1.54, 1.807) is 0 Å². The highest BCUT2D eigenvalue weighted by atomic mass is 32.1. The van der Waals surface area contributed by atoms with E-state index in [1.165, 1.54) is 57.8 Å². The molecule has 4 heteroatoms. The second-order valence-electron chi connectivity index (χ2n) is 7.79. The average molecular weight is 310 g/mol. The van der Waals surface area contributed by atoms with E-state index < -0.39 is 0 Å². The first-order chi connectivity index (χ1) is 10.1. The second-order valence-corrected chi connectivity index (χ2v) is 8.20. The highest BCUT2D eigenvalue weighted by Gasteiger charge is 2.40. The Balaban J connectivity index is 1.48. The quantitative estimate of drug-likeness (QED) is 0.781. The molecule has 3 unspecified atom stereocenters. The van der Waals surface area contributed by atoms with E-state index in [0.29, 0.717) is 11.6 Å². The summed E-state index contributed by atoms with van der Waals surface area (Å²) in [5, 5.41) is 8.04. The van der Waals surface area contributed by atoms with Gasteiger partial charge in [-0.3, -0.25) is 0 Å². The highest BCUT2D eigenvalue weighted by Crippen LogP contribution is 2.44. The summed E-state index contributed by atoms with van der Waals surface area (Å²) in [7, 11) is 4.44. The largest absolute Gasteiger partial charge is 0.361 e. The van der Waals surface area contributed by atoms with Crippen LogP contribution in [0, 0.1) is 11.8 Å². The van der Waals surface area contributed by atoms with Gasteiger partial charge < -0.3 is 15.5 Å². The molecule has 3 nitrogen and oxygen atoms in total. The van der Waals surface area contributed by atoms with Crippen molar-refractivity contribution in [3.05, 3.63) is 0 Å². The number of hydrogen-bond acceptors (Lipinski definition) is 2. The van der Waals surface area contributed by atoms with Crippen molar-refractivity contribution in [3.63, 3.8) is 0 Å². The number of nitrogens with one attached hydrogen (secondary N) is 2. The first-order valence-corrected chi connectivity index (χ1v) is 9.22. The Morgan fingerprint density at radius 1 is 1.14 bits per heavy atom. The van der Waals surface area contributed by atoms with Gasteiger partial charge in [-0.25, -0.2) is 0 Å². The Morgan fingerprint density at radius 3 is 2.48 bits per heavy atom. The van der Waals surface area contributed by atoms with Gasteiger partial charge in [0.1, 0.15) is 0 Å². The fourth-order valence-electron chi connectivity index (χ4n) is 4.88. The van der Waals surface area contributed by atoms with Crippen molar-refractivity contribution in [2.45, 2.75) is 69.4 Å². The fourth-order valence-corrected chi connectivity index (χ4v) is 5.10. The van der Waals surface area contributed by atoms with Crippen LogP contribution in [-0.2, 0) is 0 Å². The molecular weight excluding hydrogens is 278 g/mol. The maximum absolute atomic E-state index is 5.57. The maximum atomic E-state index is 5.57. The smallest absolute Gasteiger partial charge is 0.166 e. The predicted octanol–water partition coefficient (Wildman–Crippen LogP) is 2.90. The summed E-state index contributed by atoms with van der Waals surface area (Å²) in [6.45, 7) is 0.993. The molecule has 3 aliphatic carbocycles. The van der Waals surface area contributed by atoms with Gasteiger partial charge in [-0.05, 0) is 70.3 Å². The van der Waals surface area contributed by atoms with Crippen LogP contribution >= 0.6 is 12.2 Å². The monoisotopic (exact) mass is 309 g/mol. The average Bonchev–Trinajstić information content (AvgIpc) is 3.08. The minimum atomic E-state index is 0.304. The number of hydrogen-bond donors (Lipinski definition) is 2. The summed E-state index contributed by atoms with van der Waals surface area (Å²) in [6, 6.07) is 0.644. The lowest BCUT2D eigenvalue weighted by Crippen LogP contribution is -2.56. The van der Waals surface area contributed by atoms with Gasteiger partial charge in [0.05, 0.1) is 0 Å². The van der Waals surface area contributed by atoms with Crippen LogP contribution in [0.3, 0.4) is 0 Å². The third kappa shape index (κ3) is 3.37. The fraction of sp³-hybridized carbons (Fsp3) is 0.941. The molecule has 3 aliphatic rings. The Kier molecular flexibility index (Phi) is 4.75. The standard InChI is InChI=1S/C17H31N3S/c1-20(2)17(8-4-3-5-9-17)12-18-16(21)19-15-11-13-6-7-14(15)10-13/h13-15H,3-12H2,1-2H3,(H2,18,19,21). The van der Waals surface area contributed by atoms with Crippen molar-refractivity contribution < 1.29 is 0 Å². The van der Waals surface area contributed by atoms with E-state index in [1.807, 2.05) is 0 Å². The summed E-state index contributed by atoms with van der Waals surface area (Å²) in [5.41, 5.74) is 0.304. The van der Waals surface area contributed by atoms with Crippen molar-refractivity contribution in [1.29, 1.82) is 0 Å². The van der Waals surface area contributed by atoms with Crippen LogP contribution in [0.25, 0.3) is 0 Å². The van der Waals surface area contributed by atoms with Crippen LogP contribution in [-0.4, -0.2) is 42.2 Å². The molecule has 0 aromatic heterocycles. The molecule has 0 radical (unpaired) electrons. The molecule has 2 N–H and O–H groups in total. The first-order valence-electron chi connectivity index (χ1n) is 8.81. The Bertz CT molecular complexity index is 376. The van der Waals surface area contributed by atoms with E-state index in [-0.39, 0.29) is 0 Å². The SMILES string of the molecule is CN(C)C1(CNC(=S)NC2CC3CCC2C3)CCCCC1. The van der Waals surface area contributed by atoms with E-state index in [2.05, 4.69) is 29.6 Å². The summed E-state index contributed by atoms with van der Waals surface area (Å²) in [4.78, 5) is 2.42. The van der Waals surface area contributed by atoms with Gasteiger partial charge in [0.15, 0.2) is 5.11 Å². The zero-order chi connectivity index (χ0) is 14.9. The van der Waals surface area contributed by atoms with Crippen LogP contribution in [0.15, 0.2) is 0 Å². The van der Waals surface area contributed by atoms with Gasteiger partial charge in [-0.2, -0.15) is 0 Å². The number of likely N-dealkylation sites (N-methyl/N-ethyl adjacent to an activating group) is 1. The van der Waals surface area contributed by atoms with Gasteiger partial charge in [0.2, 0.25) is 0 Å². The number of fused-ring (bicyclic) bond motifs is 2. The van der Waals surface area contributed by atoms with Crippen LogP contribution in [0.5, 0.6) is 0 Å². The normalized spacial score (nSPS) is 34.1. The van der Waals surface area contributed by atoms with Gasteiger partial charge in [-0.1, -0.05) is 25.7 Å². The molecular formula is C17H31N3S. The molecule has 2 bridgehead atoms. The second kappa shape index (κ2) is 6.41. The molecule has 3 fully saturated rings. The molecule has 3 atom stereocenters. The lowest BCUT2D eigenvalue weighted by atomic mass is 9.80. The van der Waals surface area contributed by atoms with Crippen LogP contribution < -0.4 is 10.6 Å². The number of thiocarbonyl (C=S) groups is 1. The van der Waals surface area contributed by atoms with Crippen molar-refractivity contribution in [2.24, 2.45) is 11.8 Å². The molecule has 3 saturated carbocycles. The minimum Gasteiger partial charge on any atom is -0.361 e. The lowest BCUT2D eigenvalue weighted by Gasteiger charge is -2.43. The summed E-state index contributed by atoms with van der Waals surface area (Å²) in [6.07, 6.45) is 12.3. The number of rotatable bonds is 4. The molecule has 0 heterocycles. The minimum absolute atomic E-state index is 0.304. The maximum Gasteiger partial charge on any atom is 0.166 e. The summed E-state index contributed by atoms with van der Waals surface area (Å²) >= 11 is 5.57. The molecule has 0 saturated heterocycles. The molecule has 0 aromatic carbocycles. The van der Waals surface area contributed by atoms with Crippen molar-refractivity contribution in [1.82, 2.24) is 15.5 Å². The third-order valence-electron chi connectivity index (χ3n) is 6.37. The molecule has 21 heavy (non-hydrogen) atoms. The summed E-state index contributed by atoms with van der Waals surface area (Å²) < 4.78 is 0. The van der Waals surface area contributed by atoms with Gasteiger partial charge in [0.25, 0.3) is 0 Å². The molecule has 3 rings (SSSR count).